The van der Waals surface area contributed by atoms with Crippen LogP contribution in [0.5, 0.6) is 0 Å². The number of ether oxygens (including phenoxy) is 3. The van der Waals surface area contributed by atoms with E-state index in [1.807, 2.05) is 33.9 Å². The Balaban J connectivity index is 0.00000154. The van der Waals surface area contributed by atoms with Gasteiger partial charge in [-0.05, 0) is 13.8 Å². The van der Waals surface area contributed by atoms with Gasteiger partial charge in [0.15, 0.2) is 0 Å². The van der Waals surface area contributed by atoms with Gasteiger partial charge >= 0.3 is 0 Å². The summed E-state index contributed by atoms with van der Waals surface area (Å²) in [5, 5.41) is 7.81. The molecule has 0 aliphatic carbocycles. The standard InChI is InChI=1S/C11H21N3O3.C2H6/c1-3-15-6-7-17-9-8-16-5-4-14-10-11(2)12-13-14;1-2/h10H,3-9H2,1-2H3;1-2H3. The third-order valence-corrected chi connectivity index (χ3v) is 2.07. The quantitative estimate of drug-likeness (QED) is 0.607. The highest BCUT2D eigenvalue weighted by atomic mass is 16.5. The molecule has 0 spiro atoms. The van der Waals surface area contributed by atoms with Crippen LogP contribution in [0.25, 0.3) is 0 Å². The van der Waals surface area contributed by atoms with Crippen LogP contribution >= 0.6 is 0 Å². The van der Waals surface area contributed by atoms with Gasteiger partial charge in [-0.1, -0.05) is 19.1 Å². The highest BCUT2D eigenvalue weighted by Crippen LogP contribution is 1.89. The monoisotopic (exact) mass is 273 g/mol. The maximum Gasteiger partial charge on any atom is 0.0796 e. The fourth-order valence-electron chi connectivity index (χ4n) is 1.25. The number of rotatable bonds is 10. The van der Waals surface area contributed by atoms with Gasteiger partial charge < -0.3 is 14.2 Å². The zero-order valence-corrected chi connectivity index (χ0v) is 12.6. The minimum Gasteiger partial charge on any atom is -0.379 e. The fraction of sp³-hybridized carbons (Fsp3) is 0.846. The van der Waals surface area contributed by atoms with Gasteiger partial charge in [0.1, 0.15) is 0 Å². The Hall–Kier alpha value is -0.980. The molecule has 1 aromatic heterocycles. The molecule has 0 N–H and O–H groups in total. The van der Waals surface area contributed by atoms with E-state index in [4.69, 9.17) is 14.2 Å². The van der Waals surface area contributed by atoms with Crippen LogP contribution < -0.4 is 0 Å². The first-order valence-electron chi connectivity index (χ1n) is 6.93. The molecule has 1 rings (SSSR count). The second-order valence-corrected chi connectivity index (χ2v) is 3.54. The summed E-state index contributed by atoms with van der Waals surface area (Å²) in [6.07, 6.45) is 1.89. The Labute approximate surface area is 116 Å². The Morgan fingerprint density at radius 2 is 1.58 bits per heavy atom. The molecule has 1 heterocycles. The van der Waals surface area contributed by atoms with Crippen LogP contribution in [0.2, 0.25) is 0 Å². The molecular weight excluding hydrogens is 246 g/mol. The van der Waals surface area contributed by atoms with Crippen LogP contribution in [0, 0.1) is 6.92 Å². The zero-order chi connectivity index (χ0) is 14.3. The molecule has 19 heavy (non-hydrogen) atoms. The van der Waals surface area contributed by atoms with Gasteiger partial charge in [0.25, 0.3) is 0 Å². The van der Waals surface area contributed by atoms with Crippen LogP contribution in [0.1, 0.15) is 26.5 Å². The normalized spacial score (nSPS) is 10.1. The van der Waals surface area contributed by atoms with Crippen molar-refractivity contribution in [1.29, 1.82) is 0 Å². The molecule has 1 aromatic rings. The SMILES string of the molecule is CC.CCOCCOCCOCCn1cc(C)nn1. The summed E-state index contributed by atoms with van der Waals surface area (Å²) in [6, 6.07) is 0. The Kier molecular flexibility index (Phi) is 12.8. The molecule has 0 atom stereocenters. The Morgan fingerprint density at radius 3 is 2.11 bits per heavy atom. The highest BCUT2D eigenvalue weighted by molar-refractivity contribution is 4.86. The molecule has 0 aliphatic rings. The number of nitrogens with zero attached hydrogens (tertiary/aromatic N) is 3. The molecule has 112 valence electrons. The summed E-state index contributed by atoms with van der Waals surface area (Å²) in [6.45, 7) is 12.4. The maximum absolute atomic E-state index is 5.40. The van der Waals surface area contributed by atoms with Crippen molar-refractivity contribution in [3.63, 3.8) is 0 Å². The van der Waals surface area contributed by atoms with Crippen LogP contribution in [0.4, 0.5) is 0 Å². The number of hydrogen-bond donors (Lipinski definition) is 0. The van der Waals surface area contributed by atoms with Gasteiger partial charge in [-0.2, -0.15) is 0 Å². The molecule has 0 aliphatic heterocycles. The van der Waals surface area contributed by atoms with Crippen molar-refractivity contribution in [2.45, 2.75) is 34.2 Å². The average Bonchev–Trinajstić information content (AvgIpc) is 2.85. The summed E-state index contributed by atoms with van der Waals surface area (Å²) in [7, 11) is 0. The van der Waals surface area contributed by atoms with E-state index < -0.39 is 0 Å². The summed E-state index contributed by atoms with van der Waals surface area (Å²) in [5.41, 5.74) is 0.921. The first-order chi connectivity index (χ1) is 9.33. The molecule has 0 bridgehead atoms. The largest absolute Gasteiger partial charge is 0.379 e. The molecule has 0 saturated carbocycles. The maximum atomic E-state index is 5.40. The minimum absolute atomic E-state index is 0.597. The summed E-state index contributed by atoms with van der Waals surface area (Å²) >= 11 is 0. The summed E-state index contributed by atoms with van der Waals surface area (Å²) < 4.78 is 17.6. The lowest BCUT2D eigenvalue weighted by Gasteiger charge is -2.05. The lowest BCUT2D eigenvalue weighted by Crippen LogP contribution is -2.12. The second-order valence-electron chi connectivity index (χ2n) is 3.54. The van der Waals surface area contributed by atoms with Crippen LogP contribution in [-0.2, 0) is 20.8 Å². The average molecular weight is 273 g/mol. The van der Waals surface area contributed by atoms with E-state index in [1.54, 1.807) is 4.68 Å². The molecule has 0 radical (unpaired) electrons. The Bertz CT molecular complexity index is 292. The molecular formula is C13H27N3O3. The van der Waals surface area contributed by atoms with Crippen molar-refractivity contribution in [1.82, 2.24) is 15.0 Å². The number of aryl methyl sites for hydroxylation is 1. The molecule has 0 aromatic carbocycles. The lowest BCUT2D eigenvalue weighted by molar-refractivity contribution is 0.0150. The predicted molar refractivity (Wildman–Crippen MR) is 74.2 cm³/mol. The molecule has 0 fully saturated rings. The van der Waals surface area contributed by atoms with E-state index in [0.29, 0.717) is 33.0 Å². The second kappa shape index (κ2) is 13.5. The first-order valence-corrected chi connectivity index (χ1v) is 6.93. The van der Waals surface area contributed by atoms with Crippen molar-refractivity contribution >= 4 is 0 Å². The topological polar surface area (TPSA) is 58.4 Å². The van der Waals surface area contributed by atoms with Gasteiger partial charge in [-0.25, -0.2) is 4.68 Å². The van der Waals surface area contributed by atoms with E-state index >= 15 is 0 Å². The fourth-order valence-corrected chi connectivity index (χ4v) is 1.25. The van der Waals surface area contributed by atoms with Crippen molar-refractivity contribution in [2.75, 3.05) is 39.6 Å². The lowest BCUT2D eigenvalue weighted by atomic mass is 10.5. The predicted octanol–water partition coefficient (Wildman–Crippen LogP) is 1.68. The van der Waals surface area contributed by atoms with Crippen LogP contribution in [0.3, 0.4) is 0 Å². The number of hydrogen-bond acceptors (Lipinski definition) is 5. The zero-order valence-electron chi connectivity index (χ0n) is 12.6. The van der Waals surface area contributed by atoms with Crippen molar-refractivity contribution < 1.29 is 14.2 Å². The molecule has 0 amide bonds. The van der Waals surface area contributed by atoms with Gasteiger partial charge in [-0.3, -0.25) is 0 Å². The third-order valence-electron chi connectivity index (χ3n) is 2.07. The van der Waals surface area contributed by atoms with Gasteiger partial charge in [0, 0.05) is 12.8 Å². The van der Waals surface area contributed by atoms with E-state index in [2.05, 4.69) is 10.3 Å². The van der Waals surface area contributed by atoms with Crippen molar-refractivity contribution in [3.05, 3.63) is 11.9 Å². The van der Waals surface area contributed by atoms with E-state index in [1.165, 1.54) is 0 Å². The van der Waals surface area contributed by atoms with Gasteiger partial charge in [0.05, 0.1) is 45.3 Å². The van der Waals surface area contributed by atoms with Crippen LogP contribution in [0.15, 0.2) is 6.20 Å². The van der Waals surface area contributed by atoms with Gasteiger partial charge in [0.2, 0.25) is 0 Å². The third kappa shape index (κ3) is 10.6. The van der Waals surface area contributed by atoms with Crippen LogP contribution in [-0.4, -0.2) is 54.6 Å². The van der Waals surface area contributed by atoms with Crippen molar-refractivity contribution in [3.8, 4) is 0 Å². The molecule has 0 unspecified atom stereocenters. The van der Waals surface area contributed by atoms with Gasteiger partial charge in [-0.15, -0.1) is 5.10 Å². The minimum atomic E-state index is 0.597. The highest BCUT2D eigenvalue weighted by Gasteiger charge is 1.95. The van der Waals surface area contributed by atoms with E-state index in [0.717, 1.165) is 18.8 Å². The Morgan fingerprint density at radius 1 is 1.00 bits per heavy atom. The summed E-state index contributed by atoms with van der Waals surface area (Å²) in [5.74, 6) is 0. The van der Waals surface area contributed by atoms with Crippen molar-refractivity contribution in [2.24, 2.45) is 0 Å². The van der Waals surface area contributed by atoms with E-state index in [9.17, 15) is 0 Å². The first kappa shape index (κ1) is 18.0. The summed E-state index contributed by atoms with van der Waals surface area (Å²) in [4.78, 5) is 0. The number of aromatic nitrogens is 3. The molecule has 6 nitrogen and oxygen atoms in total. The van der Waals surface area contributed by atoms with E-state index in [-0.39, 0.29) is 0 Å². The molecule has 6 heteroatoms. The molecule has 0 saturated heterocycles. The smallest absolute Gasteiger partial charge is 0.0796 e.